The van der Waals surface area contributed by atoms with E-state index in [1.165, 1.54) is 11.1 Å². The smallest absolute Gasteiger partial charge is 0.336 e. The first-order chi connectivity index (χ1) is 17.8. The number of halogens is 3. The van der Waals surface area contributed by atoms with Crippen LogP contribution in [0, 0.1) is 28.6 Å². The molecule has 4 rings (SSSR count). The van der Waals surface area contributed by atoms with Crippen molar-refractivity contribution in [3.8, 4) is 6.07 Å². The van der Waals surface area contributed by atoms with Gasteiger partial charge in [0.15, 0.2) is 0 Å². The summed E-state index contributed by atoms with van der Waals surface area (Å²) in [5.74, 6) is -3.77. The number of likely N-dealkylation sites (tertiary alicyclic amines) is 1. The second-order valence-corrected chi connectivity index (χ2v) is 10.9. The molecule has 38 heavy (non-hydrogen) atoms. The van der Waals surface area contributed by atoms with E-state index < -0.39 is 47.4 Å². The van der Waals surface area contributed by atoms with E-state index in [1.54, 1.807) is 45.3 Å². The Hall–Kier alpha value is -3.75. The maximum absolute atomic E-state index is 13.7. The highest BCUT2D eigenvalue weighted by atomic mass is 19.4. The number of hydrogen-bond donors (Lipinski definition) is 2. The normalized spacial score (nSPS) is 22.9. The van der Waals surface area contributed by atoms with Crippen LogP contribution in [0.4, 0.5) is 13.2 Å². The summed E-state index contributed by atoms with van der Waals surface area (Å²) in [7, 11) is 0. The molecule has 3 heterocycles. The highest BCUT2D eigenvalue weighted by Gasteiger charge is 2.53. The van der Waals surface area contributed by atoms with Gasteiger partial charge < -0.3 is 15.5 Å². The molecule has 0 bridgehead atoms. The molecule has 12 heteroatoms. The number of aromatic nitrogens is 2. The first-order valence-corrected chi connectivity index (χ1v) is 12.4. The van der Waals surface area contributed by atoms with Gasteiger partial charge in [-0.2, -0.15) is 18.4 Å². The number of rotatable bonds is 5. The lowest BCUT2D eigenvalue weighted by Crippen LogP contribution is -2.60. The summed E-state index contributed by atoms with van der Waals surface area (Å²) >= 11 is 0. The van der Waals surface area contributed by atoms with Crippen molar-refractivity contribution in [2.75, 3.05) is 6.54 Å². The zero-order chi connectivity index (χ0) is 27.8. The predicted octanol–water partition coefficient (Wildman–Crippen LogP) is 3.03. The minimum Gasteiger partial charge on any atom is -0.336 e. The molecule has 2 aromatic heterocycles. The third-order valence-corrected chi connectivity index (χ3v) is 7.35. The molecule has 1 aliphatic heterocycles. The Morgan fingerprint density at radius 3 is 2.55 bits per heavy atom. The topological polar surface area (TPSA) is 128 Å². The lowest BCUT2D eigenvalue weighted by atomic mass is 9.85. The van der Waals surface area contributed by atoms with Crippen LogP contribution >= 0.6 is 0 Å². The fraction of sp³-hybridized carbons (Fsp3) is 0.538. The maximum Gasteiger partial charge on any atom is 0.471 e. The van der Waals surface area contributed by atoms with Gasteiger partial charge in [-0.15, -0.1) is 0 Å². The Kier molecular flexibility index (Phi) is 7.32. The maximum atomic E-state index is 13.7. The first kappa shape index (κ1) is 27.3. The van der Waals surface area contributed by atoms with E-state index in [0.29, 0.717) is 22.9 Å². The molecule has 202 valence electrons. The van der Waals surface area contributed by atoms with Crippen molar-refractivity contribution >= 4 is 28.6 Å². The summed E-state index contributed by atoms with van der Waals surface area (Å²) in [6, 6.07) is 1.94. The zero-order valence-corrected chi connectivity index (χ0v) is 21.2. The molecule has 0 aromatic carbocycles. The van der Waals surface area contributed by atoms with Gasteiger partial charge in [-0.05, 0) is 42.2 Å². The molecular weight excluding hydrogens is 501 g/mol. The molecule has 1 unspecified atom stereocenters. The van der Waals surface area contributed by atoms with Crippen molar-refractivity contribution in [2.24, 2.45) is 17.3 Å². The first-order valence-electron chi connectivity index (χ1n) is 12.4. The third kappa shape index (κ3) is 5.28. The Bertz CT molecular complexity index is 1280. The van der Waals surface area contributed by atoms with E-state index in [4.69, 9.17) is 0 Å². The van der Waals surface area contributed by atoms with Crippen LogP contribution in [0.25, 0.3) is 10.9 Å². The Balaban J connectivity index is 1.63. The van der Waals surface area contributed by atoms with Crippen LogP contribution < -0.4 is 10.6 Å². The quantitative estimate of drug-likeness (QED) is 0.612. The number of amides is 3. The number of nitrogens with one attached hydrogen (secondary N) is 2. The second kappa shape index (κ2) is 10.2. The van der Waals surface area contributed by atoms with Crippen molar-refractivity contribution in [3.05, 3.63) is 36.3 Å². The Morgan fingerprint density at radius 1 is 1.16 bits per heavy atom. The number of carbonyl (C=O) groups is 3. The highest BCUT2D eigenvalue weighted by molar-refractivity contribution is 5.94. The van der Waals surface area contributed by atoms with Crippen molar-refractivity contribution < 1.29 is 27.6 Å². The summed E-state index contributed by atoms with van der Waals surface area (Å²) in [6.07, 6.45) is 1.72. The Morgan fingerprint density at radius 2 is 1.89 bits per heavy atom. The molecule has 5 atom stereocenters. The number of fused-ring (bicyclic) bond motifs is 2. The molecule has 1 saturated heterocycles. The van der Waals surface area contributed by atoms with E-state index >= 15 is 0 Å². The molecule has 1 saturated carbocycles. The standard InChI is InChI=1S/C26H29F3N6O3/c1-25(2,3)21(34-24(38)26(27,28)29)23(37)35-13-15-6-4-8-16(15)20(35)22(36)33-18(10-30)17-12-31-11-14-7-5-9-32-19(14)17/h5,7,9,11-12,15-16,18,20-21H,4,6,8,13H2,1-3H3,(H,33,36)(H,34,38)/t15-,16-,18?,20-,21+/m0/s1. The van der Waals surface area contributed by atoms with Crippen LogP contribution in [-0.4, -0.2) is 57.4 Å². The van der Waals surface area contributed by atoms with Gasteiger partial charge in [-0.1, -0.05) is 27.2 Å². The lowest BCUT2D eigenvalue weighted by Gasteiger charge is -2.36. The fourth-order valence-electron chi connectivity index (χ4n) is 5.54. The van der Waals surface area contributed by atoms with E-state index in [1.807, 2.05) is 5.32 Å². The number of nitriles is 1. The van der Waals surface area contributed by atoms with Gasteiger partial charge in [0.1, 0.15) is 18.1 Å². The van der Waals surface area contributed by atoms with Crippen molar-refractivity contribution in [1.29, 1.82) is 5.26 Å². The number of pyridine rings is 2. The van der Waals surface area contributed by atoms with Crippen molar-refractivity contribution in [3.63, 3.8) is 0 Å². The van der Waals surface area contributed by atoms with Crippen LogP contribution in [0.1, 0.15) is 51.6 Å². The molecule has 3 amide bonds. The summed E-state index contributed by atoms with van der Waals surface area (Å²) in [5.41, 5.74) is -0.176. The minimum absolute atomic E-state index is 0.00457. The average Bonchev–Trinajstić information content (AvgIpc) is 3.45. The molecule has 0 spiro atoms. The zero-order valence-electron chi connectivity index (χ0n) is 21.2. The molecule has 2 fully saturated rings. The van der Waals surface area contributed by atoms with E-state index in [0.717, 1.165) is 12.8 Å². The molecule has 2 aromatic rings. The van der Waals surface area contributed by atoms with E-state index in [2.05, 4.69) is 21.4 Å². The van der Waals surface area contributed by atoms with Gasteiger partial charge in [0, 0.05) is 36.1 Å². The minimum atomic E-state index is -5.16. The van der Waals surface area contributed by atoms with Gasteiger partial charge >= 0.3 is 12.1 Å². The van der Waals surface area contributed by atoms with Crippen LogP contribution in [0.3, 0.4) is 0 Å². The fourth-order valence-corrected chi connectivity index (χ4v) is 5.54. The molecular formula is C26H29F3N6O3. The molecule has 2 aliphatic rings. The summed E-state index contributed by atoms with van der Waals surface area (Å²) in [5, 5.41) is 15.1. The van der Waals surface area contributed by atoms with Crippen LogP contribution in [0.5, 0.6) is 0 Å². The van der Waals surface area contributed by atoms with Crippen LogP contribution in [0.15, 0.2) is 30.7 Å². The van der Waals surface area contributed by atoms with Gasteiger partial charge in [0.25, 0.3) is 0 Å². The molecule has 2 N–H and O–H groups in total. The number of hydrogen-bond acceptors (Lipinski definition) is 6. The van der Waals surface area contributed by atoms with Crippen LogP contribution in [0.2, 0.25) is 0 Å². The molecule has 1 aliphatic carbocycles. The lowest BCUT2D eigenvalue weighted by molar-refractivity contribution is -0.176. The summed E-state index contributed by atoms with van der Waals surface area (Å²) in [6.45, 7) is 4.82. The van der Waals surface area contributed by atoms with Crippen molar-refractivity contribution in [1.82, 2.24) is 25.5 Å². The SMILES string of the molecule is CC(C)(C)[C@H](NC(=O)C(F)(F)F)C(=O)N1C[C@@H]2CCC[C@@H]2[C@H]1C(=O)NC(C#N)c1cncc2cccnc12. The number of carbonyl (C=O) groups excluding carboxylic acids is 3. The summed E-state index contributed by atoms with van der Waals surface area (Å²) in [4.78, 5) is 48.9. The van der Waals surface area contributed by atoms with E-state index in [-0.39, 0.29) is 18.4 Å². The largest absolute Gasteiger partial charge is 0.471 e. The summed E-state index contributed by atoms with van der Waals surface area (Å²) < 4.78 is 39.1. The molecule has 0 radical (unpaired) electrons. The predicted molar refractivity (Wildman–Crippen MR) is 130 cm³/mol. The van der Waals surface area contributed by atoms with Gasteiger partial charge in [0.05, 0.1) is 11.6 Å². The third-order valence-electron chi connectivity index (χ3n) is 7.35. The van der Waals surface area contributed by atoms with E-state index in [9.17, 15) is 32.8 Å². The average molecular weight is 531 g/mol. The Labute approximate surface area is 217 Å². The second-order valence-electron chi connectivity index (χ2n) is 10.9. The van der Waals surface area contributed by atoms with Crippen molar-refractivity contribution in [2.45, 2.75) is 64.3 Å². The van der Waals surface area contributed by atoms with Gasteiger partial charge in [-0.25, -0.2) is 0 Å². The monoisotopic (exact) mass is 530 g/mol. The van der Waals surface area contributed by atoms with Crippen LogP contribution in [-0.2, 0) is 14.4 Å². The highest BCUT2D eigenvalue weighted by Crippen LogP contribution is 2.43. The number of nitrogens with zero attached hydrogens (tertiary/aromatic N) is 4. The molecule has 9 nitrogen and oxygen atoms in total. The number of alkyl halides is 3. The van der Waals surface area contributed by atoms with Gasteiger partial charge in [-0.3, -0.25) is 24.4 Å². The van der Waals surface area contributed by atoms with Gasteiger partial charge in [0.2, 0.25) is 11.8 Å².